The third-order valence-corrected chi connectivity index (χ3v) is 1.41. The number of anilines is 1. The zero-order chi connectivity index (χ0) is 11.3. The number of nitrogens with zero attached hydrogens (tertiary/aromatic N) is 3. The number of carbonyl (C=O) groups is 1. The fraction of sp³-hybridized carbons (Fsp3) is 0.500. The number of carbonyl (C=O) groups excluding carboxylic acids is 1. The van der Waals surface area contributed by atoms with Gasteiger partial charge in [0.05, 0.1) is 7.11 Å². The van der Waals surface area contributed by atoms with E-state index in [1.807, 2.05) is 0 Å². The predicted octanol–water partition coefficient (Wildman–Crippen LogP) is 0.121. The Hall–Kier alpha value is -1.92. The van der Waals surface area contributed by atoms with E-state index in [4.69, 9.17) is 4.74 Å². The second kappa shape index (κ2) is 5.08. The van der Waals surface area contributed by atoms with Crippen LogP contribution in [-0.4, -0.2) is 34.8 Å². The van der Waals surface area contributed by atoms with Gasteiger partial charge in [-0.25, -0.2) is 0 Å². The molecular weight excluding hydrogens is 200 g/mol. The van der Waals surface area contributed by atoms with E-state index in [1.54, 1.807) is 6.92 Å². The van der Waals surface area contributed by atoms with Crippen molar-refractivity contribution in [1.29, 1.82) is 0 Å². The van der Waals surface area contributed by atoms with E-state index in [1.165, 1.54) is 14.0 Å². The smallest absolute Gasteiger partial charge is 0.321 e. The van der Waals surface area contributed by atoms with Crippen molar-refractivity contribution < 1.29 is 14.3 Å². The van der Waals surface area contributed by atoms with Gasteiger partial charge in [0.1, 0.15) is 5.82 Å². The number of ether oxygens (including phenoxy) is 2. The number of rotatable bonds is 4. The highest BCUT2D eigenvalue weighted by atomic mass is 16.5. The standard InChI is InChI=1S/C8H12N4O3/c1-5-10-7(9-4-15-6(2)13)12-8(11-5)14-3/h4H2,1-3H3,(H,9,10,11,12). The van der Waals surface area contributed by atoms with Crippen LogP contribution in [0.15, 0.2) is 0 Å². The van der Waals surface area contributed by atoms with E-state index in [2.05, 4.69) is 25.0 Å². The Morgan fingerprint density at radius 3 is 2.73 bits per heavy atom. The first kappa shape index (κ1) is 11.2. The molecule has 0 aliphatic heterocycles. The molecule has 0 bridgehead atoms. The molecule has 7 heteroatoms. The van der Waals surface area contributed by atoms with Crippen LogP contribution in [0.25, 0.3) is 0 Å². The van der Waals surface area contributed by atoms with Crippen molar-refractivity contribution in [1.82, 2.24) is 15.0 Å². The largest absolute Gasteiger partial charge is 0.467 e. The van der Waals surface area contributed by atoms with Crippen molar-refractivity contribution in [2.75, 3.05) is 19.2 Å². The summed E-state index contributed by atoms with van der Waals surface area (Å²) >= 11 is 0. The summed E-state index contributed by atoms with van der Waals surface area (Å²) in [6.45, 7) is 3.05. The van der Waals surface area contributed by atoms with Crippen molar-refractivity contribution in [2.45, 2.75) is 13.8 Å². The number of nitrogens with one attached hydrogen (secondary N) is 1. The van der Waals surface area contributed by atoms with Gasteiger partial charge in [-0.2, -0.15) is 15.0 Å². The Morgan fingerprint density at radius 2 is 2.13 bits per heavy atom. The van der Waals surface area contributed by atoms with Crippen molar-refractivity contribution in [2.24, 2.45) is 0 Å². The number of hydrogen-bond acceptors (Lipinski definition) is 7. The minimum absolute atomic E-state index is 0.0158. The topological polar surface area (TPSA) is 86.2 Å². The van der Waals surface area contributed by atoms with E-state index in [0.717, 1.165) is 0 Å². The molecule has 0 spiro atoms. The molecule has 82 valence electrons. The van der Waals surface area contributed by atoms with Gasteiger partial charge in [0.15, 0.2) is 6.73 Å². The summed E-state index contributed by atoms with van der Waals surface area (Å²) < 4.78 is 9.52. The van der Waals surface area contributed by atoms with Gasteiger partial charge in [-0.1, -0.05) is 0 Å². The summed E-state index contributed by atoms with van der Waals surface area (Å²) in [7, 11) is 1.46. The monoisotopic (exact) mass is 212 g/mol. The van der Waals surface area contributed by atoms with Gasteiger partial charge in [-0.3, -0.25) is 4.79 Å². The maximum absolute atomic E-state index is 10.5. The maximum Gasteiger partial charge on any atom is 0.321 e. The van der Waals surface area contributed by atoms with Crippen LogP contribution < -0.4 is 10.1 Å². The van der Waals surface area contributed by atoms with Crippen LogP contribution in [0.2, 0.25) is 0 Å². The fourth-order valence-corrected chi connectivity index (χ4v) is 0.830. The van der Waals surface area contributed by atoms with E-state index < -0.39 is 0 Å². The van der Waals surface area contributed by atoms with Gasteiger partial charge in [0, 0.05) is 6.92 Å². The van der Waals surface area contributed by atoms with Gasteiger partial charge < -0.3 is 14.8 Å². The highest BCUT2D eigenvalue weighted by Gasteiger charge is 2.03. The lowest BCUT2D eigenvalue weighted by Crippen LogP contribution is -2.12. The molecule has 0 aliphatic rings. The Balaban J connectivity index is 2.60. The van der Waals surface area contributed by atoms with E-state index in [0.29, 0.717) is 11.8 Å². The molecule has 0 amide bonds. The van der Waals surface area contributed by atoms with E-state index in [9.17, 15) is 4.79 Å². The molecule has 1 aromatic heterocycles. The first-order valence-corrected chi connectivity index (χ1v) is 4.25. The van der Waals surface area contributed by atoms with Crippen LogP contribution in [0.1, 0.15) is 12.7 Å². The summed E-state index contributed by atoms with van der Waals surface area (Å²) in [5.74, 6) is 0.452. The minimum atomic E-state index is -0.375. The number of hydrogen-bond donors (Lipinski definition) is 1. The zero-order valence-electron chi connectivity index (χ0n) is 8.77. The lowest BCUT2D eigenvalue weighted by atomic mass is 10.7. The van der Waals surface area contributed by atoms with E-state index >= 15 is 0 Å². The summed E-state index contributed by atoms with van der Waals surface area (Å²) in [6.07, 6.45) is 0. The summed E-state index contributed by atoms with van der Waals surface area (Å²) in [5, 5.41) is 2.71. The van der Waals surface area contributed by atoms with Gasteiger partial charge in [0.25, 0.3) is 0 Å². The third-order valence-electron chi connectivity index (χ3n) is 1.41. The van der Waals surface area contributed by atoms with Gasteiger partial charge >= 0.3 is 12.0 Å². The van der Waals surface area contributed by atoms with Gasteiger partial charge in [-0.15, -0.1) is 0 Å². The maximum atomic E-state index is 10.5. The molecule has 1 rings (SSSR count). The van der Waals surface area contributed by atoms with Crippen LogP contribution >= 0.6 is 0 Å². The zero-order valence-corrected chi connectivity index (χ0v) is 8.77. The van der Waals surface area contributed by atoms with E-state index in [-0.39, 0.29) is 18.7 Å². The Labute approximate surface area is 86.9 Å². The summed E-state index contributed by atoms with van der Waals surface area (Å²) in [4.78, 5) is 22.3. The first-order valence-electron chi connectivity index (χ1n) is 4.25. The van der Waals surface area contributed by atoms with Gasteiger partial charge in [-0.05, 0) is 6.92 Å². The van der Waals surface area contributed by atoms with Crippen molar-refractivity contribution >= 4 is 11.9 Å². The lowest BCUT2D eigenvalue weighted by molar-refractivity contribution is -0.140. The molecule has 0 radical (unpaired) electrons. The molecule has 0 aliphatic carbocycles. The van der Waals surface area contributed by atoms with Crippen LogP contribution in [0.4, 0.5) is 5.95 Å². The quantitative estimate of drug-likeness (QED) is 0.560. The lowest BCUT2D eigenvalue weighted by Gasteiger charge is -2.06. The molecule has 0 atom stereocenters. The van der Waals surface area contributed by atoms with Gasteiger partial charge in [0.2, 0.25) is 5.95 Å². The average Bonchev–Trinajstić information content (AvgIpc) is 2.16. The molecule has 7 nitrogen and oxygen atoms in total. The summed E-state index contributed by atoms with van der Waals surface area (Å²) in [5.41, 5.74) is 0. The second-order valence-electron chi connectivity index (χ2n) is 2.65. The molecule has 1 heterocycles. The Kier molecular flexibility index (Phi) is 3.78. The third kappa shape index (κ3) is 3.75. The highest BCUT2D eigenvalue weighted by molar-refractivity contribution is 5.66. The molecule has 15 heavy (non-hydrogen) atoms. The van der Waals surface area contributed by atoms with Crippen LogP contribution in [0.3, 0.4) is 0 Å². The van der Waals surface area contributed by atoms with Crippen molar-refractivity contribution in [3.63, 3.8) is 0 Å². The molecular formula is C8H12N4O3. The number of methoxy groups -OCH3 is 1. The predicted molar refractivity (Wildman–Crippen MR) is 51.4 cm³/mol. The fourth-order valence-electron chi connectivity index (χ4n) is 0.830. The molecule has 0 saturated carbocycles. The summed E-state index contributed by atoms with van der Waals surface area (Å²) in [6, 6.07) is 0.216. The molecule has 0 saturated heterocycles. The van der Waals surface area contributed by atoms with Crippen molar-refractivity contribution in [3.05, 3.63) is 5.82 Å². The Morgan fingerprint density at radius 1 is 1.40 bits per heavy atom. The molecule has 1 aromatic rings. The van der Waals surface area contributed by atoms with Crippen LogP contribution in [-0.2, 0) is 9.53 Å². The number of aryl methyl sites for hydroxylation is 1. The normalized spacial score (nSPS) is 9.53. The second-order valence-corrected chi connectivity index (χ2v) is 2.65. The molecule has 1 N–H and O–H groups in total. The molecule has 0 fully saturated rings. The van der Waals surface area contributed by atoms with Crippen LogP contribution in [0.5, 0.6) is 6.01 Å². The first-order chi connectivity index (χ1) is 7.11. The average molecular weight is 212 g/mol. The Bertz CT molecular complexity index is 356. The SMILES string of the molecule is COc1nc(C)nc(NCOC(C)=O)n1. The van der Waals surface area contributed by atoms with Crippen LogP contribution in [0, 0.1) is 6.92 Å². The molecule has 0 unspecified atom stereocenters. The molecule has 0 aromatic carbocycles. The minimum Gasteiger partial charge on any atom is -0.467 e. The highest BCUT2D eigenvalue weighted by Crippen LogP contribution is 2.05. The van der Waals surface area contributed by atoms with Crippen molar-refractivity contribution in [3.8, 4) is 6.01 Å². The number of esters is 1. The number of aromatic nitrogens is 3.